The summed E-state index contributed by atoms with van der Waals surface area (Å²) in [5.41, 5.74) is 3.48. The van der Waals surface area contributed by atoms with Crippen molar-refractivity contribution in [3.63, 3.8) is 0 Å². The van der Waals surface area contributed by atoms with Crippen LogP contribution >= 0.6 is 0 Å². The van der Waals surface area contributed by atoms with Crippen LogP contribution in [0.5, 0.6) is 0 Å². The van der Waals surface area contributed by atoms with E-state index in [0.717, 1.165) is 22.5 Å². The smallest absolute Gasteiger partial charge is 0.209 e. The minimum absolute atomic E-state index is 0.0953. The van der Waals surface area contributed by atoms with Gasteiger partial charge < -0.3 is 9.64 Å². The molecule has 0 amide bonds. The monoisotopic (exact) mass is 519 g/mol. The normalized spacial score (nSPS) is 24.5. The van der Waals surface area contributed by atoms with Crippen LogP contribution in [-0.2, 0) is 29.3 Å². The number of carbonyl (C=O) groups excluding carboxylic acids is 4. The number of allylic oxidation sites excluding steroid dienone is 5. The Morgan fingerprint density at radius 3 is 2.08 bits per heavy atom. The fourth-order valence-corrected chi connectivity index (χ4v) is 5.65. The molecule has 0 spiro atoms. The molecule has 7 heteroatoms. The quantitative estimate of drug-likeness (QED) is 0.264. The first kappa shape index (κ1) is 24.7. The summed E-state index contributed by atoms with van der Waals surface area (Å²) in [7, 11) is 3.68. The molecule has 2 heterocycles. The zero-order valence-corrected chi connectivity index (χ0v) is 22.1. The average Bonchev–Trinajstić information content (AvgIpc) is 3.40. The molecular formula is C32H27N2O5+. The van der Waals surface area contributed by atoms with E-state index in [1.165, 1.54) is 12.2 Å². The maximum Gasteiger partial charge on any atom is 0.209 e. The number of fused-ring (bicyclic) bond motifs is 1. The third-order valence-corrected chi connectivity index (χ3v) is 7.99. The Morgan fingerprint density at radius 1 is 0.821 bits per heavy atom. The highest BCUT2D eigenvalue weighted by Crippen LogP contribution is 2.41. The number of benzene rings is 2. The number of hydrogen-bond acceptors (Lipinski definition) is 6. The van der Waals surface area contributed by atoms with Gasteiger partial charge in [-0.1, -0.05) is 54.6 Å². The van der Waals surface area contributed by atoms with Crippen LogP contribution in [0.1, 0.15) is 25.0 Å². The Bertz CT molecular complexity index is 1620. The molecule has 2 aliphatic carbocycles. The number of nitrogens with zero attached hydrogens (tertiary/aromatic N) is 2. The van der Waals surface area contributed by atoms with Gasteiger partial charge in [0.2, 0.25) is 5.69 Å². The highest BCUT2D eigenvalue weighted by molar-refractivity contribution is 6.44. The van der Waals surface area contributed by atoms with Crippen LogP contribution in [-0.4, -0.2) is 52.4 Å². The number of Topliss-reactive ketones (excluding diaryl/α,β-unsaturated/α-hetero) is 4. The van der Waals surface area contributed by atoms with Crippen molar-refractivity contribution in [2.24, 2.45) is 11.8 Å². The molecule has 194 valence electrons. The first-order valence-corrected chi connectivity index (χ1v) is 12.8. The number of para-hydroxylation sites is 1. The van der Waals surface area contributed by atoms with Crippen LogP contribution in [0, 0.1) is 11.8 Å². The molecule has 2 aliphatic heterocycles. The summed E-state index contributed by atoms with van der Waals surface area (Å²) in [5, 5.41) is 0. The lowest BCUT2D eigenvalue weighted by molar-refractivity contribution is -0.401. The summed E-state index contributed by atoms with van der Waals surface area (Å²) < 4.78 is 7.87. The lowest BCUT2D eigenvalue weighted by Crippen LogP contribution is -2.45. The van der Waals surface area contributed by atoms with Gasteiger partial charge in [-0.3, -0.25) is 19.2 Å². The summed E-state index contributed by atoms with van der Waals surface area (Å²) in [6.45, 7) is 4.11. The van der Waals surface area contributed by atoms with E-state index in [0.29, 0.717) is 11.6 Å². The molecular weight excluding hydrogens is 492 g/mol. The van der Waals surface area contributed by atoms with Crippen LogP contribution in [0.15, 0.2) is 96.1 Å². The Balaban J connectivity index is 1.17. The van der Waals surface area contributed by atoms with E-state index in [1.807, 2.05) is 66.2 Å². The van der Waals surface area contributed by atoms with Gasteiger partial charge in [0.1, 0.15) is 18.9 Å². The van der Waals surface area contributed by atoms with Gasteiger partial charge in [-0.05, 0) is 19.9 Å². The fourth-order valence-electron chi connectivity index (χ4n) is 5.65. The molecule has 0 aromatic heterocycles. The van der Waals surface area contributed by atoms with Gasteiger partial charge in [-0.15, -0.1) is 0 Å². The summed E-state index contributed by atoms with van der Waals surface area (Å²) in [4.78, 5) is 53.4. The average molecular weight is 520 g/mol. The van der Waals surface area contributed by atoms with Crippen molar-refractivity contribution in [3.05, 3.63) is 107 Å². The van der Waals surface area contributed by atoms with Crippen molar-refractivity contribution < 1.29 is 28.5 Å². The Hall–Kier alpha value is -4.65. The lowest BCUT2D eigenvalue weighted by Gasteiger charge is -2.28. The number of carbonyl (C=O) groups is 4. The van der Waals surface area contributed by atoms with Crippen molar-refractivity contribution >= 4 is 40.3 Å². The summed E-state index contributed by atoms with van der Waals surface area (Å²) in [6.07, 6.45) is 6.15. The van der Waals surface area contributed by atoms with Crippen molar-refractivity contribution in [2.75, 3.05) is 14.1 Å². The first-order valence-electron chi connectivity index (χ1n) is 12.8. The predicted octanol–water partition coefficient (Wildman–Crippen LogP) is 3.88. The van der Waals surface area contributed by atoms with Crippen molar-refractivity contribution in [3.8, 4) is 0 Å². The zero-order valence-electron chi connectivity index (χ0n) is 22.1. The largest absolute Gasteiger partial charge is 0.439 e. The summed E-state index contributed by atoms with van der Waals surface area (Å²) >= 11 is 0. The van der Waals surface area contributed by atoms with E-state index in [1.54, 1.807) is 24.2 Å². The van der Waals surface area contributed by atoms with E-state index >= 15 is 0 Å². The molecule has 0 N–H and O–H groups in total. The second-order valence-electron chi connectivity index (χ2n) is 10.7. The van der Waals surface area contributed by atoms with E-state index in [4.69, 9.17) is 4.74 Å². The number of ether oxygens (including phenoxy) is 1. The second kappa shape index (κ2) is 8.70. The molecule has 2 aromatic carbocycles. The zero-order chi connectivity index (χ0) is 27.6. The van der Waals surface area contributed by atoms with Gasteiger partial charge in [0.15, 0.2) is 40.5 Å². The molecule has 2 fully saturated rings. The molecule has 0 bridgehead atoms. The first-order chi connectivity index (χ1) is 18.6. The predicted molar refractivity (Wildman–Crippen MR) is 145 cm³/mol. The maximum atomic E-state index is 13.0. The molecule has 7 nitrogen and oxygen atoms in total. The van der Waals surface area contributed by atoms with Gasteiger partial charge >= 0.3 is 0 Å². The van der Waals surface area contributed by atoms with Crippen molar-refractivity contribution in [1.82, 2.24) is 4.90 Å². The summed E-state index contributed by atoms with van der Waals surface area (Å²) in [5.74, 6) is -2.71. The molecule has 4 aliphatic rings. The summed E-state index contributed by atoms with van der Waals surface area (Å²) in [6, 6.07) is 17.5. The highest BCUT2D eigenvalue weighted by Gasteiger charge is 2.50. The minimum Gasteiger partial charge on any atom is -0.439 e. The molecule has 2 saturated carbocycles. The number of rotatable bonds is 4. The third-order valence-electron chi connectivity index (χ3n) is 7.99. The molecule has 0 saturated heterocycles. The van der Waals surface area contributed by atoms with Gasteiger partial charge in [-0.25, -0.2) is 0 Å². The molecule has 2 aromatic rings. The third kappa shape index (κ3) is 3.68. The Kier molecular flexibility index (Phi) is 5.50. The standard InChI is InChI=1S/C32H27N2O5/c1-32(2)23-12-8-9-13-24(23)34(4)26(32)15-21-28(35)19(29(21)36)14-20-30(37)22(31(20)38)16-27-33(3)17-25(39-27)18-10-6-5-7-11-18/h5-17,19,22H,1-4H3/q+1/b20-14?,21-15?,27-16+. The van der Waals surface area contributed by atoms with Gasteiger partial charge in [0.05, 0.1) is 22.8 Å². The molecule has 39 heavy (non-hydrogen) atoms. The second-order valence-corrected chi connectivity index (χ2v) is 10.7. The van der Waals surface area contributed by atoms with E-state index in [-0.39, 0.29) is 28.1 Å². The fraction of sp³-hybridized carbons (Fsp3) is 0.219. The number of hydrogen-bond donors (Lipinski definition) is 0. The van der Waals surface area contributed by atoms with Crippen molar-refractivity contribution in [1.29, 1.82) is 0 Å². The van der Waals surface area contributed by atoms with Crippen LogP contribution in [0.3, 0.4) is 0 Å². The van der Waals surface area contributed by atoms with Gasteiger partial charge in [0.25, 0.3) is 0 Å². The van der Waals surface area contributed by atoms with Gasteiger partial charge in [0, 0.05) is 30.3 Å². The van der Waals surface area contributed by atoms with Gasteiger partial charge in [-0.2, -0.15) is 4.58 Å². The number of ketones is 4. The van der Waals surface area contributed by atoms with Crippen LogP contribution in [0.25, 0.3) is 5.76 Å². The van der Waals surface area contributed by atoms with Crippen LogP contribution < -0.4 is 0 Å². The van der Waals surface area contributed by atoms with Crippen molar-refractivity contribution in [2.45, 2.75) is 19.3 Å². The molecule has 0 unspecified atom stereocenters. The van der Waals surface area contributed by atoms with E-state index in [9.17, 15) is 19.2 Å². The SMILES string of the molecule is CN1C=C(c2ccccc2)O/C1=C/C1C(=O)C(=CC2C(=O)C(=CC3=[N+](C)c4ccccc4C3(C)C)C2=O)C1=O. The molecule has 6 rings (SSSR count). The Morgan fingerprint density at radius 2 is 1.41 bits per heavy atom. The highest BCUT2D eigenvalue weighted by atomic mass is 16.5. The molecule has 0 radical (unpaired) electrons. The lowest BCUT2D eigenvalue weighted by atomic mass is 9.69. The molecule has 0 atom stereocenters. The van der Waals surface area contributed by atoms with E-state index < -0.39 is 23.4 Å². The topological polar surface area (TPSA) is 83.8 Å². The van der Waals surface area contributed by atoms with Crippen LogP contribution in [0.2, 0.25) is 0 Å². The van der Waals surface area contributed by atoms with E-state index in [2.05, 4.69) is 13.8 Å². The maximum absolute atomic E-state index is 13.0. The van der Waals surface area contributed by atoms with Crippen LogP contribution in [0.4, 0.5) is 5.69 Å². The Labute approximate surface area is 226 Å². The minimum atomic E-state index is -1.11.